The van der Waals surface area contributed by atoms with E-state index in [9.17, 15) is 4.79 Å². The Morgan fingerprint density at radius 1 is 1.62 bits per heavy atom. The average Bonchev–Trinajstić information content (AvgIpc) is 2.14. The molecule has 5 heteroatoms. The first-order valence-corrected chi connectivity index (χ1v) is 5.65. The third kappa shape index (κ3) is 2.64. The molecule has 1 N–H and O–H groups in total. The van der Waals surface area contributed by atoms with Crippen molar-refractivity contribution in [3.63, 3.8) is 0 Å². The predicted molar refractivity (Wildman–Crippen MR) is 63.6 cm³/mol. The molecule has 1 amide bonds. The Balaban J connectivity index is 1.82. The first kappa shape index (κ1) is 11.2. The summed E-state index contributed by atoms with van der Waals surface area (Å²) in [6, 6.07) is 5.60. The smallest absolute Gasteiger partial charge is 0.216 e. The molecule has 0 aromatic carbocycles. The minimum Gasteiger partial charge on any atom is -0.356 e. The third-order valence-electron chi connectivity index (χ3n) is 2.62. The normalized spacial score (nSPS) is 15.8. The monoisotopic (exact) mass is 239 g/mol. The first-order chi connectivity index (χ1) is 7.65. The highest BCUT2D eigenvalue weighted by Crippen LogP contribution is 2.23. The molecule has 0 unspecified atom stereocenters. The Labute approximate surface area is 99.6 Å². The number of hydrogen-bond acceptors (Lipinski definition) is 3. The van der Waals surface area contributed by atoms with Crippen molar-refractivity contribution < 1.29 is 4.79 Å². The third-order valence-corrected chi connectivity index (χ3v) is 2.83. The van der Waals surface area contributed by atoms with Gasteiger partial charge in [-0.2, -0.15) is 0 Å². The molecule has 86 valence electrons. The minimum absolute atomic E-state index is 0.0272. The van der Waals surface area contributed by atoms with E-state index < -0.39 is 0 Å². The average molecular weight is 240 g/mol. The van der Waals surface area contributed by atoms with E-state index in [1.54, 1.807) is 6.07 Å². The molecule has 0 spiro atoms. The van der Waals surface area contributed by atoms with Crippen LogP contribution in [0.5, 0.6) is 0 Å². The van der Waals surface area contributed by atoms with Crippen LogP contribution in [-0.2, 0) is 4.79 Å². The van der Waals surface area contributed by atoms with Crippen LogP contribution < -0.4 is 10.2 Å². The number of nitrogens with zero attached hydrogens (tertiary/aromatic N) is 2. The summed E-state index contributed by atoms with van der Waals surface area (Å²) >= 11 is 5.81. The number of aromatic nitrogens is 1. The lowest BCUT2D eigenvalue weighted by molar-refractivity contribution is -0.119. The van der Waals surface area contributed by atoms with Crippen LogP contribution in [-0.4, -0.2) is 30.5 Å². The zero-order valence-electron chi connectivity index (χ0n) is 9.11. The van der Waals surface area contributed by atoms with E-state index >= 15 is 0 Å². The molecule has 0 bridgehead atoms. The number of carbonyl (C=O) groups is 1. The summed E-state index contributed by atoms with van der Waals surface area (Å²) in [5, 5.41) is 3.34. The molecule has 1 aromatic rings. The molecule has 1 saturated heterocycles. The maximum atomic E-state index is 10.7. The van der Waals surface area contributed by atoms with Crippen molar-refractivity contribution >= 4 is 23.3 Å². The Kier molecular flexibility index (Phi) is 3.29. The van der Waals surface area contributed by atoms with Gasteiger partial charge in [0, 0.05) is 32.5 Å². The Bertz CT molecular complexity index is 391. The zero-order chi connectivity index (χ0) is 11.5. The van der Waals surface area contributed by atoms with Crippen molar-refractivity contribution in [2.24, 2.45) is 5.92 Å². The largest absolute Gasteiger partial charge is 0.356 e. The molecule has 0 atom stereocenters. The molecule has 0 aliphatic carbocycles. The summed E-state index contributed by atoms with van der Waals surface area (Å²) in [5.74, 6) is 1.45. The molecule has 1 aliphatic heterocycles. The van der Waals surface area contributed by atoms with Crippen LogP contribution in [0.25, 0.3) is 0 Å². The molecule has 0 saturated carbocycles. The number of hydrogen-bond donors (Lipinski definition) is 1. The Morgan fingerprint density at radius 2 is 2.38 bits per heavy atom. The molecule has 1 aromatic heterocycles. The van der Waals surface area contributed by atoms with E-state index in [1.807, 2.05) is 12.1 Å². The highest BCUT2D eigenvalue weighted by atomic mass is 35.5. The van der Waals surface area contributed by atoms with Crippen molar-refractivity contribution in [3.8, 4) is 0 Å². The van der Waals surface area contributed by atoms with E-state index in [-0.39, 0.29) is 5.91 Å². The maximum Gasteiger partial charge on any atom is 0.216 e. The van der Waals surface area contributed by atoms with Gasteiger partial charge in [0.05, 0.1) is 0 Å². The van der Waals surface area contributed by atoms with Gasteiger partial charge in [0.25, 0.3) is 0 Å². The number of pyridine rings is 1. The number of halogens is 1. The van der Waals surface area contributed by atoms with Gasteiger partial charge in [-0.3, -0.25) is 4.79 Å². The summed E-state index contributed by atoms with van der Waals surface area (Å²) in [4.78, 5) is 17.1. The highest BCUT2D eigenvalue weighted by Gasteiger charge is 2.27. The van der Waals surface area contributed by atoms with Gasteiger partial charge in [-0.15, -0.1) is 0 Å². The van der Waals surface area contributed by atoms with E-state index in [0.29, 0.717) is 11.1 Å². The summed E-state index contributed by atoms with van der Waals surface area (Å²) in [6.45, 7) is 4.13. The van der Waals surface area contributed by atoms with Crippen molar-refractivity contribution in [1.29, 1.82) is 0 Å². The highest BCUT2D eigenvalue weighted by molar-refractivity contribution is 6.29. The first-order valence-electron chi connectivity index (χ1n) is 5.27. The minimum atomic E-state index is 0.0272. The standard InChI is InChI=1S/C11H14ClN3O/c1-8(16)13-5-9-6-15(7-9)11-4-2-3-10(12)14-11/h2-4,9H,5-7H2,1H3,(H,13,16). The quantitative estimate of drug-likeness (QED) is 0.809. The molecule has 2 rings (SSSR count). The molecular formula is C11H14ClN3O. The van der Waals surface area contributed by atoms with Crippen LogP contribution in [0.2, 0.25) is 5.15 Å². The molecular weight excluding hydrogens is 226 g/mol. The molecule has 4 nitrogen and oxygen atoms in total. The lowest BCUT2D eigenvalue weighted by Gasteiger charge is -2.40. The zero-order valence-corrected chi connectivity index (χ0v) is 9.87. The topological polar surface area (TPSA) is 45.2 Å². The number of nitrogens with one attached hydrogen (secondary N) is 1. The molecule has 0 radical (unpaired) electrons. The van der Waals surface area contributed by atoms with Crippen LogP contribution in [0.1, 0.15) is 6.92 Å². The van der Waals surface area contributed by atoms with Gasteiger partial charge in [-0.25, -0.2) is 4.98 Å². The summed E-state index contributed by atoms with van der Waals surface area (Å²) in [6.07, 6.45) is 0. The summed E-state index contributed by atoms with van der Waals surface area (Å²) in [5.41, 5.74) is 0. The van der Waals surface area contributed by atoms with Crippen LogP contribution in [0.3, 0.4) is 0 Å². The van der Waals surface area contributed by atoms with Gasteiger partial charge in [0.15, 0.2) is 0 Å². The summed E-state index contributed by atoms with van der Waals surface area (Å²) in [7, 11) is 0. The molecule has 1 aliphatic rings. The van der Waals surface area contributed by atoms with Gasteiger partial charge in [-0.05, 0) is 12.1 Å². The maximum absolute atomic E-state index is 10.7. The SMILES string of the molecule is CC(=O)NCC1CN(c2cccc(Cl)n2)C1. The molecule has 1 fully saturated rings. The second-order valence-electron chi connectivity index (χ2n) is 4.03. The second kappa shape index (κ2) is 4.70. The van der Waals surface area contributed by atoms with Gasteiger partial charge < -0.3 is 10.2 Å². The van der Waals surface area contributed by atoms with Crippen molar-refractivity contribution in [3.05, 3.63) is 23.4 Å². The van der Waals surface area contributed by atoms with E-state index in [0.717, 1.165) is 25.5 Å². The van der Waals surface area contributed by atoms with Crippen LogP contribution >= 0.6 is 11.6 Å². The number of carbonyl (C=O) groups excluding carboxylic acids is 1. The van der Waals surface area contributed by atoms with Gasteiger partial charge in [0.1, 0.15) is 11.0 Å². The van der Waals surface area contributed by atoms with Crippen LogP contribution in [0.15, 0.2) is 18.2 Å². The van der Waals surface area contributed by atoms with E-state index in [1.165, 1.54) is 6.92 Å². The van der Waals surface area contributed by atoms with Crippen molar-refractivity contribution in [1.82, 2.24) is 10.3 Å². The second-order valence-corrected chi connectivity index (χ2v) is 4.41. The van der Waals surface area contributed by atoms with Gasteiger partial charge in [-0.1, -0.05) is 17.7 Å². The lowest BCUT2D eigenvalue weighted by Crippen LogP contribution is -2.51. The number of rotatable bonds is 3. The van der Waals surface area contributed by atoms with Gasteiger partial charge in [0.2, 0.25) is 5.91 Å². The van der Waals surface area contributed by atoms with Crippen LogP contribution in [0.4, 0.5) is 5.82 Å². The number of amides is 1. The fourth-order valence-electron chi connectivity index (χ4n) is 1.75. The number of anilines is 1. The molecule has 2 heterocycles. The van der Waals surface area contributed by atoms with Gasteiger partial charge >= 0.3 is 0 Å². The Hall–Kier alpha value is -1.29. The van der Waals surface area contributed by atoms with Crippen molar-refractivity contribution in [2.75, 3.05) is 24.5 Å². The van der Waals surface area contributed by atoms with Crippen molar-refractivity contribution in [2.45, 2.75) is 6.92 Å². The summed E-state index contributed by atoms with van der Waals surface area (Å²) < 4.78 is 0. The Morgan fingerprint density at radius 3 is 3.00 bits per heavy atom. The van der Waals surface area contributed by atoms with E-state index in [2.05, 4.69) is 15.2 Å². The lowest BCUT2D eigenvalue weighted by atomic mass is 10.0. The predicted octanol–water partition coefficient (Wildman–Crippen LogP) is 1.31. The van der Waals surface area contributed by atoms with E-state index in [4.69, 9.17) is 11.6 Å². The fourth-order valence-corrected chi connectivity index (χ4v) is 1.91. The fraction of sp³-hybridized carbons (Fsp3) is 0.455. The molecule has 16 heavy (non-hydrogen) atoms. The van der Waals surface area contributed by atoms with Crippen LogP contribution in [0, 0.1) is 5.92 Å².